The van der Waals surface area contributed by atoms with E-state index >= 15 is 0 Å². The molecule has 0 saturated carbocycles. The van der Waals surface area contributed by atoms with Gasteiger partial charge in [-0.3, -0.25) is 0 Å². The smallest absolute Gasteiger partial charge is 0.243 e. The highest BCUT2D eigenvalue weighted by Crippen LogP contribution is 2.26. The van der Waals surface area contributed by atoms with Crippen LogP contribution in [0.5, 0.6) is 0 Å². The molecule has 0 amide bonds. The molecule has 0 aliphatic rings. The van der Waals surface area contributed by atoms with Crippen molar-refractivity contribution in [2.24, 2.45) is 5.41 Å². The van der Waals surface area contributed by atoms with Crippen LogP contribution in [0.25, 0.3) is 0 Å². The topological polar surface area (TPSA) is 72.2 Å². The maximum absolute atomic E-state index is 13.8. The van der Waals surface area contributed by atoms with Crippen molar-refractivity contribution in [2.75, 3.05) is 12.3 Å². The van der Waals surface area contributed by atoms with Crippen LogP contribution in [0.15, 0.2) is 21.5 Å². The number of nitrogen functional groups attached to an aromatic ring is 1. The second-order valence-corrected chi connectivity index (χ2v) is 7.79. The summed E-state index contributed by atoms with van der Waals surface area (Å²) >= 11 is 2.93. The largest absolute Gasteiger partial charge is 0.399 e. The molecule has 18 heavy (non-hydrogen) atoms. The van der Waals surface area contributed by atoms with E-state index in [4.69, 9.17) is 5.73 Å². The Bertz CT molecular complexity index is 553. The van der Waals surface area contributed by atoms with Gasteiger partial charge in [0.25, 0.3) is 0 Å². The summed E-state index contributed by atoms with van der Waals surface area (Å²) in [5.41, 5.74) is 5.46. The van der Waals surface area contributed by atoms with Gasteiger partial charge in [0.05, 0.1) is 4.47 Å². The number of benzene rings is 1. The second-order valence-electron chi connectivity index (χ2n) is 5.20. The van der Waals surface area contributed by atoms with Crippen molar-refractivity contribution < 1.29 is 12.8 Å². The van der Waals surface area contributed by atoms with Crippen molar-refractivity contribution >= 4 is 31.6 Å². The number of hydrogen-bond acceptors (Lipinski definition) is 3. The first kappa shape index (κ1) is 15.4. The number of nitrogens with two attached hydrogens (primary N) is 1. The van der Waals surface area contributed by atoms with Crippen LogP contribution in [-0.4, -0.2) is 15.0 Å². The van der Waals surface area contributed by atoms with E-state index in [1.807, 2.05) is 20.8 Å². The van der Waals surface area contributed by atoms with Crippen LogP contribution in [-0.2, 0) is 10.0 Å². The van der Waals surface area contributed by atoms with E-state index in [9.17, 15) is 12.8 Å². The number of hydrogen-bond donors (Lipinski definition) is 2. The average molecular weight is 339 g/mol. The van der Waals surface area contributed by atoms with Crippen LogP contribution >= 0.6 is 15.9 Å². The Morgan fingerprint density at radius 1 is 1.39 bits per heavy atom. The molecule has 3 N–H and O–H groups in total. The molecule has 4 nitrogen and oxygen atoms in total. The lowest BCUT2D eigenvalue weighted by atomic mass is 9.98. The van der Waals surface area contributed by atoms with E-state index in [0.717, 1.165) is 6.07 Å². The number of sulfonamides is 1. The summed E-state index contributed by atoms with van der Waals surface area (Å²) in [5, 5.41) is 0. The molecule has 7 heteroatoms. The molecular weight excluding hydrogens is 323 g/mol. The van der Waals surface area contributed by atoms with Gasteiger partial charge in [-0.2, -0.15) is 0 Å². The zero-order valence-corrected chi connectivity index (χ0v) is 12.8. The molecule has 1 rings (SSSR count). The number of rotatable bonds is 3. The lowest BCUT2D eigenvalue weighted by Crippen LogP contribution is -2.32. The number of halogens is 2. The minimum Gasteiger partial charge on any atom is -0.399 e. The molecule has 0 aliphatic heterocycles. The quantitative estimate of drug-likeness (QED) is 0.831. The minimum absolute atomic E-state index is 0.0265. The highest BCUT2D eigenvalue weighted by atomic mass is 79.9. The fourth-order valence-electron chi connectivity index (χ4n) is 1.17. The van der Waals surface area contributed by atoms with Crippen molar-refractivity contribution in [3.05, 3.63) is 22.4 Å². The highest BCUT2D eigenvalue weighted by molar-refractivity contribution is 9.10. The van der Waals surface area contributed by atoms with Gasteiger partial charge in [-0.05, 0) is 33.5 Å². The van der Waals surface area contributed by atoms with Crippen molar-refractivity contribution in [3.63, 3.8) is 0 Å². The first-order chi connectivity index (χ1) is 8.03. The third-order valence-corrected chi connectivity index (χ3v) is 4.08. The summed E-state index contributed by atoms with van der Waals surface area (Å²) in [5.74, 6) is -0.842. The number of nitrogens with one attached hydrogen (secondary N) is 1. The zero-order chi connectivity index (χ0) is 14.1. The molecule has 0 fully saturated rings. The molecule has 0 heterocycles. The maximum atomic E-state index is 13.8. The van der Waals surface area contributed by atoms with Gasteiger partial charge < -0.3 is 5.73 Å². The Balaban J connectivity index is 3.13. The molecule has 1 aromatic carbocycles. The van der Waals surface area contributed by atoms with Crippen molar-refractivity contribution in [1.82, 2.24) is 4.72 Å². The fraction of sp³-hybridized carbons (Fsp3) is 0.455. The van der Waals surface area contributed by atoms with Crippen LogP contribution in [0, 0.1) is 11.2 Å². The molecule has 0 radical (unpaired) electrons. The van der Waals surface area contributed by atoms with Gasteiger partial charge in [0.15, 0.2) is 5.82 Å². The van der Waals surface area contributed by atoms with Gasteiger partial charge in [0.2, 0.25) is 10.0 Å². The van der Waals surface area contributed by atoms with E-state index in [1.54, 1.807) is 0 Å². The predicted octanol–water partition coefficient (Wildman–Crippen LogP) is 2.49. The Morgan fingerprint density at radius 3 is 2.44 bits per heavy atom. The molecule has 0 spiro atoms. The molecule has 0 bridgehead atoms. The van der Waals surface area contributed by atoms with Gasteiger partial charge in [-0.1, -0.05) is 20.8 Å². The lowest BCUT2D eigenvalue weighted by molar-refractivity contribution is 0.407. The van der Waals surface area contributed by atoms with E-state index in [2.05, 4.69) is 20.7 Å². The first-order valence-electron chi connectivity index (χ1n) is 5.27. The third kappa shape index (κ3) is 3.93. The van der Waals surface area contributed by atoms with Gasteiger partial charge >= 0.3 is 0 Å². The van der Waals surface area contributed by atoms with Crippen LogP contribution < -0.4 is 10.5 Å². The Kier molecular flexibility index (Phi) is 4.40. The van der Waals surface area contributed by atoms with E-state index < -0.39 is 20.7 Å². The van der Waals surface area contributed by atoms with E-state index in [1.165, 1.54) is 6.07 Å². The molecule has 0 aliphatic carbocycles. The summed E-state index contributed by atoms with van der Waals surface area (Å²) in [7, 11) is -3.90. The Labute approximate surface area is 115 Å². The molecule has 1 aromatic rings. The summed E-state index contributed by atoms with van der Waals surface area (Å²) < 4.78 is 40.1. The normalized spacial score (nSPS) is 12.7. The Morgan fingerprint density at radius 2 is 1.94 bits per heavy atom. The fourth-order valence-corrected chi connectivity index (χ4v) is 3.19. The minimum atomic E-state index is -3.90. The first-order valence-corrected chi connectivity index (χ1v) is 7.55. The second kappa shape index (κ2) is 5.14. The van der Waals surface area contributed by atoms with Crippen molar-refractivity contribution in [3.8, 4) is 0 Å². The molecule has 102 valence electrons. The maximum Gasteiger partial charge on any atom is 0.243 e. The number of anilines is 1. The molecule has 0 saturated heterocycles. The van der Waals surface area contributed by atoms with Crippen LogP contribution in [0.4, 0.5) is 10.1 Å². The molecular formula is C11H16BrFN2O2S. The van der Waals surface area contributed by atoms with Crippen LogP contribution in [0.2, 0.25) is 0 Å². The summed E-state index contributed by atoms with van der Waals surface area (Å²) in [6, 6.07) is 2.42. The average Bonchev–Trinajstić information content (AvgIpc) is 2.19. The summed E-state index contributed by atoms with van der Waals surface area (Å²) in [6.07, 6.45) is 0. The SMILES string of the molecule is CC(C)(C)CNS(=O)(=O)c1cc(N)cc(Br)c1F. The third-order valence-electron chi connectivity index (χ3n) is 2.10. The predicted molar refractivity (Wildman–Crippen MR) is 73.2 cm³/mol. The standard InChI is InChI=1S/C11H16BrFN2O2S/c1-11(2,3)6-15-18(16,17)9-5-7(14)4-8(12)10(9)13/h4-5,15H,6,14H2,1-3H3. The van der Waals surface area contributed by atoms with E-state index in [0.29, 0.717) is 0 Å². The summed E-state index contributed by atoms with van der Waals surface area (Å²) in [6.45, 7) is 5.84. The summed E-state index contributed by atoms with van der Waals surface area (Å²) in [4.78, 5) is -0.446. The van der Waals surface area contributed by atoms with Crippen LogP contribution in [0.3, 0.4) is 0 Å². The highest BCUT2D eigenvalue weighted by Gasteiger charge is 2.23. The van der Waals surface area contributed by atoms with Crippen LogP contribution in [0.1, 0.15) is 20.8 Å². The van der Waals surface area contributed by atoms with Crippen molar-refractivity contribution in [1.29, 1.82) is 0 Å². The van der Waals surface area contributed by atoms with Gasteiger partial charge in [-0.15, -0.1) is 0 Å². The Hall–Kier alpha value is -0.660. The molecule has 0 atom stereocenters. The van der Waals surface area contributed by atoms with Gasteiger partial charge in [-0.25, -0.2) is 17.5 Å². The van der Waals surface area contributed by atoms with E-state index in [-0.39, 0.29) is 22.1 Å². The van der Waals surface area contributed by atoms with Crippen molar-refractivity contribution in [2.45, 2.75) is 25.7 Å². The monoisotopic (exact) mass is 338 g/mol. The molecule has 0 aromatic heterocycles. The van der Waals surface area contributed by atoms with Gasteiger partial charge in [0.1, 0.15) is 4.90 Å². The molecule has 0 unspecified atom stereocenters. The van der Waals surface area contributed by atoms with Gasteiger partial charge in [0, 0.05) is 12.2 Å². The lowest BCUT2D eigenvalue weighted by Gasteiger charge is -2.19. The zero-order valence-electron chi connectivity index (χ0n) is 10.4.